The molecule has 1 fully saturated rings. The Kier molecular flexibility index (Phi) is 3.50. The molecule has 0 spiro atoms. The second-order valence-corrected chi connectivity index (χ2v) is 4.41. The fourth-order valence-corrected chi connectivity index (χ4v) is 2.33. The summed E-state index contributed by atoms with van der Waals surface area (Å²) in [5.41, 5.74) is 0.231. The van der Waals surface area contributed by atoms with Crippen molar-refractivity contribution in [2.45, 2.75) is 25.3 Å². The Bertz CT molecular complexity index is 472. The molecule has 5 nitrogen and oxygen atoms in total. The zero-order valence-corrected chi connectivity index (χ0v) is 9.87. The number of para-hydroxylation sites is 1. The highest BCUT2D eigenvalue weighted by Crippen LogP contribution is 2.25. The third-order valence-electron chi connectivity index (χ3n) is 3.18. The smallest absolute Gasteiger partial charge is 0.305 e. The van der Waals surface area contributed by atoms with Crippen molar-refractivity contribution in [3.8, 4) is 5.75 Å². The van der Waals surface area contributed by atoms with Crippen molar-refractivity contribution >= 4 is 11.9 Å². The number of benzene rings is 1. The Morgan fingerprint density at radius 3 is 2.72 bits per heavy atom. The molecule has 0 saturated carbocycles. The van der Waals surface area contributed by atoms with E-state index >= 15 is 0 Å². The maximum atomic E-state index is 12.2. The van der Waals surface area contributed by atoms with E-state index in [0.29, 0.717) is 13.0 Å². The zero-order chi connectivity index (χ0) is 13.1. The molecule has 0 radical (unpaired) electrons. The van der Waals surface area contributed by atoms with E-state index in [2.05, 4.69) is 0 Å². The summed E-state index contributed by atoms with van der Waals surface area (Å²) in [6.45, 7) is 0.547. The van der Waals surface area contributed by atoms with Crippen LogP contribution in [0.5, 0.6) is 5.75 Å². The fraction of sp³-hybridized carbons (Fsp3) is 0.385. The molecule has 1 aromatic carbocycles. The van der Waals surface area contributed by atoms with Gasteiger partial charge in [-0.1, -0.05) is 12.1 Å². The van der Waals surface area contributed by atoms with Gasteiger partial charge in [-0.05, 0) is 25.0 Å². The van der Waals surface area contributed by atoms with Gasteiger partial charge >= 0.3 is 5.97 Å². The summed E-state index contributed by atoms with van der Waals surface area (Å²) in [6.07, 6.45) is 1.46. The lowest BCUT2D eigenvalue weighted by Crippen LogP contribution is -2.36. The van der Waals surface area contributed by atoms with E-state index < -0.39 is 5.97 Å². The highest BCUT2D eigenvalue weighted by Gasteiger charge is 2.31. The molecule has 1 heterocycles. The number of phenols is 1. The number of amides is 1. The topological polar surface area (TPSA) is 77.8 Å². The van der Waals surface area contributed by atoms with Gasteiger partial charge in [0.2, 0.25) is 0 Å². The second-order valence-electron chi connectivity index (χ2n) is 4.41. The first-order valence-electron chi connectivity index (χ1n) is 5.90. The monoisotopic (exact) mass is 249 g/mol. The number of hydrogen-bond donors (Lipinski definition) is 2. The van der Waals surface area contributed by atoms with Crippen LogP contribution < -0.4 is 0 Å². The summed E-state index contributed by atoms with van der Waals surface area (Å²) in [5.74, 6) is -1.27. The molecule has 2 N–H and O–H groups in total. The highest BCUT2D eigenvalue weighted by molar-refractivity contribution is 5.97. The number of phenolic OH excluding ortho intramolecular Hbond substituents is 1. The van der Waals surface area contributed by atoms with Gasteiger partial charge in [-0.15, -0.1) is 0 Å². The van der Waals surface area contributed by atoms with E-state index in [1.807, 2.05) is 0 Å². The summed E-state index contributed by atoms with van der Waals surface area (Å²) in [4.78, 5) is 24.5. The summed E-state index contributed by atoms with van der Waals surface area (Å²) in [7, 11) is 0. The van der Waals surface area contributed by atoms with Crippen LogP contribution in [-0.2, 0) is 4.79 Å². The number of carbonyl (C=O) groups is 2. The lowest BCUT2D eigenvalue weighted by molar-refractivity contribution is -0.137. The van der Waals surface area contributed by atoms with Crippen LogP contribution >= 0.6 is 0 Å². The van der Waals surface area contributed by atoms with Crippen LogP contribution in [0.3, 0.4) is 0 Å². The normalized spacial score (nSPS) is 18.9. The minimum atomic E-state index is -0.906. The van der Waals surface area contributed by atoms with Gasteiger partial charge in [-0.25, -0.2) is 0 Å². The molecule has 1 aliphatic heterocycles. The van der Waals surface area contributed by atoms with Crippen LogP contribution in [0.25, 0.3) is 0 Å². The van der Waals surface area contributed by atoms with Gasteiger partial charge < -0.3 is 15.1 Å². The number of aliphatic carboxylic acids is 1. The lowest BCUT2D eigenvalue weighted by atomic mass is 10.1. The fourth-order valence-electron chi connectivity index (χ4n) is 2.33. The predicted molar refractivity (Wildman–Crippen MR) is 64.4 cm³/mol. The average molecular weight is 249 g/mol. The molecule has 2 rings (SSSR count). The van der Waals surface area contributed by atoms with Crippen molar-refractivity contribution in [2.24, 2.45) is 0 Å². The number of carbonyl (C=O) groups excluding carboxylic acids is 1. The van der Waals surface area contributed by atoms with Crippen LogP contribution in [0.4, 0.5) is 0 Å². The van der Waals surface area contributed by atoms with Crippen LogP contribution in [-0.4, -0.2) is 39.6 Å². The highest BCUT2D eigenvalue weighted by atomic mass is 16.4. The Morgan fingerprint density at radius 1 is 1.33 bits per heavy atom. The van der Waals surface area contributed by atoms with E-state index in [4.69, 9.17) is 5.11 Å². The standard InChI is InChI=1S/C13H15NO4/c15-11-6-2-1-5-10(11)13(18)14-7-3-4-9(14)8-12(16)17/h1-2,5-6,9,15H,3-4,7-8H2,(H,16,17). The zero-order valence-electron chi connectivity index (χ0n) is 9.87. The van der Waals surface area contributed by atoms with Crippen LogP contribution in [0.1, 0.15) is 29.6 Å². The van der Waals surface area contributed by atoms with Gasteiger partial charge in [0.05, 0.1) is 12.0 Å². The van der Waals surface area contributed by atoms with Crippen molar-refractivity contribution < 1.29 is 19.8 Å². The summed E-state index contributed by atoms with van der Waals surface area (Å²) in [5, 5.41) is 18.5. The molecule has 1 atom stereocenters. The van der Waals surface area contributed by atoms with Crippen LogP contribution in [0.2, 0.25) is 0 Å². The van der Waals surface area contributed by atoms with Gasteiger partial charge in [0.1, 0.15) is 5.75 Å². The number of aromatic hydroxyl groups is 1. The first kappa shape index (κ1) is 12.4. The largest absolute Gasteiger partial charge is 0.507 e. The van der Waals surface area contributed by atoms with Crippen LogP contribution in [0.15, 0.2) is 24.3 Å². The van der Waals surface area contributed by atoms with E-state index in [0.717, 1.165) is 6.42 Å². The summed E-state index contributed by atoms with van der Waals surface area (Å²) in [6, 6.07) is 6.05. The Morgan fingerprint density at radius 2 is 2.06 bits per heavy atom. The molecular weight excluding hydrogens is 234 g/mol. The van der Waals surface area contributed by atoms with Crippen molar-refractivity contribution in [2.75, 3.05) is 6.54 Å². The van der Waals surface area contributed by atoms with Gasteiger partial charge in [-0.2, -0.15) is 0 Å². The summed E-state index contributed by atoms with van der Waals surface area (Å²) >= 11 is 0. The maximum Gasteiger partial charge on any atom is 0.305 e. The molecule has 0 aromatic heterocycles. The van der Waals surface area contributed by atoms with Crippen molar-refractivity contribution in [1.82, 2.24) is 4.90 Å². The molecule has 1 amide bonds. The molecule has 1 unspecified atom stereocenters. The number of carboxylic acids is 1. The average Bonchev–Trinajstić information content (AvgIpc) is 2.76. The van der Waals surface area contributed by atoms with E-state index in [-0.39, 0.29) is 29.7 Å². The molecule has 96 valence electrons. The Balaban J connectivity index is 2.18. The molecule has 1 saturated heterocycles. The SMILES string of the molecule is O=C(O)CC1CCCN1C(=O)c1ccccc1O. The number of likely N-dealkylation sites (tertiary alicyclic amines) is 1. The third kappa shape index (κ3) is 2.45. The van der Waals surface area contributed by atoms with E-state index in [9.17, 15) is 14.7 Å². The predicted octanol–water partition coefficient (Wildman–Crippen LogP) is 1.47. The minimum Gasteiger partial charge on any atom is -0.507 e. The van der Waals surface area contributed by atoms with Crippen molar-refractivity contribution in [3.05, 3.63) is 29.8 Å². The molecule has 18 heavy (non-hydrogen) atoms. The Labute approximate surface area is 105 Å². The molecule has 5 heteroatoms. The second kappa shape index (κ2) is 5.08. The van der Waals surface area contributed by atoms with E-state index in [1.54, 1.807) is 23.1 Å². The maximum absolute atomic E-state index is 12.2. The lowest BCUT2D eigenvalue weighted by Gasteiger charge is -2.23. The Hall–Kier alpha value is -2.04. The first-order valence-corrected chi connectivity index (χ1v) is 5.90. The number of rotatable bonds is 3. The molecule has 1 aromatic rings. The minimum absolute atomic E-state index is 0.0423. The van der Waals surface area contributed by atoms with Gasteiger partial charge in [0.25, 0.3) is 5.91 Å². The van der Waals surface area contributed by atoms with Gasteiger partial charge in [-0.3, -0.25) is 9.59 Å². The number of carboxylic acid groups (broad SMARTS) is 1. The van der Waals surface area contributed by atoms with E-state index in [1.165, 1.54) is 6.07 Å². The quantitative estimate of drug-likeness (QED) is 0.850. The third-order valence-corrected chi connectivity index (χ3v) is 3.18. The van der Waals surface area contributed by atoms with Gasteiger partial charge in [0, 0.05) is 12.6 Å². The van der Waals surface area contributed by atoms with Gasteiger partial charge in [0.15, 0.2) is 0 Å². The molecule has 0 aliphatic carbocycles. The van der Waals surface area contributed by atoms with Crippen molar-refractivity contribution in [3.63, 3.8) is 0 Å². The number of hydrogen-bond acceptors (Lipinski definition) is 3. The molecule has 0 bridgehead atoms. The van der Waals surface area contributed by atoms with Crippen LogP contribution in [0, 0.1) is 0 Å². The molecule has 1 aliphatic rings. The number of nitrogens with zero attached hydrogens (tertiary/aromatic N) is 1. The molecular formula is C13H15NO4. The van der Waals surface area contributed by atoms with Crippen molar-refractivity contribution in [1.29, 1.82) is 0 Å². The first-order chi connectivity index (χ1) is 8.59. The summed E-state index contributed by atoms with van der Waals surface area (Å²) < 4.78 is 0.